The van der Waals surface area contributed by atoms with Gasteiger partial charge in [0.2, 0.25) is 0 Å². The normalized spacial score (nSPS) is 18.3. The zero-order valence-electron chi connectivity index (χ0n) is 15.8. The van der Waals surface area contributed by atoms with Crippen molar-refractivity contribution in [2.24, 2.45) is 15.9 Å². The van der Waals surface area contributed by atoms with E-state index in [9.17, 15) is 25.9 Å². The molecule has 14 heteroatoms. The number of hydrogen-bond acceptors (Lipinski definition) is 10. The van der Waals surface area contributed by atoms with E-state index in [2.05, 4.69) is 44.7 Å². The van der Waals surface area contributed by atoms with E-state index in [0.29, 0.717) is 0 Å². The van der Waals surface area contributed by atoms with E-state index >= 15 is 0 Å². The number of allylic oxidation sites excluding steroid dienone is 3. The summed E-state index contributed by atoms with van der Waals surface area (Å²) in [5, 5.41) is 2.65. The minimum atomic E-state index is -4.85. The molecule has 0 heterocycles. The fourth-order valence-electron chi connectivity index (χ4n) is 2.45. The van der Waals surface area contributed by atoms with Crippen LogP contribution in [0.3, 0.4) is 0 Å². The Morgan fingerprint density at radius 1 is 1.03 bits per heavy atom. The smallest absolute Gasteiger partial charge is 0.747 e. The summed E-state index contributed by atoms with van der Waals surface area (Å²) in [6.07, 6.45) is 6.51. The SMILES string of the molecule is O=S(=O)([O-])c1cc(N=C=S)ccc1/C=C/C1C=CC(N=C=S)=CC1S(=O)(=O)[O-].[Na+].[Na+]. The van der Waals surface area contributed by atoms with Crippen molar-refractivity contribution in [3.63, 3.8) is 0 Å². The van der Waals surface area contributed by atoms with Gasteiger partial charge in [0.15, 0.2) is 0 Å². The van der Waals surface area contributed by atoms with Crippen LogP contribution in [0.25, 0.3) is 6.08 Å². The van der Waals surface area contributed by atoms with Crippen LogP contribution < -0.4 is 59.1 Å². The van der Waals surface area contributed by atoms with Crippen molar-refractivity contribution in [3.8, 4) is 0 Å². The van der Waals surface area contributed by atoms with Crippen LogP contribution in [0.5, 0.6) is 0 Å². The van der Waals surface area contributed by atoms with Gasteiger partial charge in [0.25, 0.3) is 0 Å². The molecule has 8 nitrogen and oxygen atoms in total. The summed E-state index contributed by atoms with van der Waals surface area (Å²) in [5.74, 6) is -0.910. The first-order valence-corrected chi connectivity index (χ1v) is 11.0. The molecular weight excluding hydrogens is 490 g/mol. The maximum atomic E-state index is 11.6. The Kier molecular flexibility index (Phi) is 12.7. The van der Waals surface area contributed by atoms with E-state index in [4.69, 9.17) is 0 Å². The van der Waals surface area contributed by atoms with Crippen LogP contribution in [0, 0.1) is 5.92 Å². The summed E-state index contributed by atoms with van der Waals surface area (Å²) >= 11 is 8.89. The quantitative estimate of drug-likeness (QED) is 0.169. The van der Waals surface area contributed by atoms with Crippen LogP contribution in [0.1, 0.15) is 5.56 Å². The van der Waals surface area contributed by atoms with Crippen molar-refractivity contribution >= 4 is 66.8 Å². The van der Waals surface area contributed by atoms with E-state index in [0.717, 1.165) is 12.1 Å². The molecule has 146 valence electrons. The first-order chi connectivity index (χ1) is 13.1. The van der Waals surface area contributed by atoms with Gasteiger partial charge in [-0.15, -0.1) is 0 Å². The number of nitrogens with zero attached hydrogens (tertiary/aromatic N) is 2. The van der Waals surface area contributed by atoms with Crippen LogP contribution in [-0.2, 0) is 20.2 Å². The van der Waals surface area contributed by atoms with Gasteiger partial charge < -0.3 is 9.11 Å². The molecule has 1 aromatic rings. The van der Waals surface area contributed by atoms with Crippen molar-refractivity contribution < 1.29 is 85.1 Å². The molecular formula is C16H10N2Na2O6S4. The first-order valence-electron chi connectivity index (χ1n) is 7.35. The Balaban J connectivity index is 0.00000420. The van der Waals surface area contributed by atoms with Crippen LogP contribution in [0.4, 0.5) is 5.69 Å². The van der Waals surface area contributed by atoms with Crippen LogP contribution >= 0.6 is 24.4 Å². The Morgan fingerprint density at radius 3 is 2.20 bits per heavy atom. The molecule has 0 aromatic heterocycles. The minimum Gasteiger partial charge on any atom is -0.747 e. The predicted molar refractivity (Wildman–Crippen MR) is 107 cm³/mol. The third kappa shape index (κ3) is 8.42. The zero-order valence-corrected chi connectivity index (χ0v) is 23.0. The average Bonchev–Trinajstić information content (AvgIpc) is 2.60. The summed E-state index contributed by atoms with van der Waals surface area (Å²) < 4.78 is 69.3. The van der Waals surface area contributed by atoms with Gasteiger partial charge >= 0.3 is 59.1 Å². The summed E-state index contributed by atoms with van der Waals surface area (Å²) in [5.41, 5.74) is 0.277. The van der Waals surface area contributed by atoms with E-state index < -0.39 is 36.3 Å². The topological polar surface area (TPSA) is 139 Å². The molecule has 0 fully saturated rings. The van der Waals surface area contributed by atoms with Crippen LogP contribution in [0.2, 0.25) is 0 Å². The van der Waals surface area contributed by atoms with Gasteiger partial charge in [-0.2, -0.15) is 9.98 Å². The monoisotopic (exact) mass is 500 g/mol. The van der Waals surface area contributed by atoms with Gasteiger partial charge in [-0.1, -0.05) is 24.3 Å². The first kappa shape index (κ1) is 29.9. The summed E-state index contributed by atoms with van der Waals surface area (Å²) in [7, 11) is -9.60. The molecule has 0 saturated carbocycles. The molecule has 0 radical (unpaired) electrons. The van der Waals surface area contributed by atoms with Crippen molar-refractivity contribution in [1.82, 2.24) is 0 Å². The molecule has 0 aliphatic heterocycles. The molecule has 0 amide bonds. The Labute approximate surface area is 229 Å². The number of isothiocyanates is 2. The number of benzene rings is 1. The van der Waals surface area contributed by atoms with Crippen LogP contribution in [0.15, 0.2) is 63.1 Å². The van der Waals surface area contributed by atoms with Crippen molar-refractivity contribution in [3.05, 3.63) is 53.8 Å². The Morgan fingerprint density at radius 2 is 1.67 bits per heavy atom. The molecule has 30 heavy (non-hydrogen) atoms. The second-order valence-corrected chi connectivity index (χ2v) is 8.67. The molecule has 2 atom stereocenters. The molecule has 2 rings (SSSR count). The number of thiocarbonyl (C=S) groups is 2. The molecule has 0 saturated heterocycles. The average molecular weight is 501 g/mol. The molecule has 0 spiro atoms. The summed E-state index contributed by atoms with van der Waals surface area (Å²) in [4.78, 5) is 6.68. The summed E-state index contributed by atoms with van der Waals surface area (Å²) in [6, 6.07) is 3.72. The maximum Gasteiger partial charge on any atom is 1.00 e. The van der Waals surface area contributed by atoms with Gasteiger partial charge in [-0.25, -0.2) is 16.8 Å². The fourth-order valence-corrected chi connectivity index (χ4v) is 4.22. The molecule has 0 N–H and O–H groups in total. The van der Waals surface area contributed by atoms with E-state index in [1.807, 2.05) is 0 Å². The van der Waals surface area contributed by atoms with E-state index in [1.54, 1.807) is 0 Å². The van der Waals surface area contributed by atoms with Gasteiger partial charge in [0.1, 0.15) is 20.2 Å². The van der Waals surface area contributed by atoms with Gasteiger partial charge in [0.05, 0.1) is 31.9 Å². The van der Waals surface area contributed by atoms with Crippen LogP contribution in [-0.4, -0.2) is 41.5 Å². The van der Waals surface area contributed by atoms with Gasteiger partial charge in [0, 0.05) is 5.92 Å². The second-order valence-electron chi connectivity index (χ2n) is 5.43. The molecule has 2 unspecified atom stereocenters. The number of hydrogen-bond donors (Lipinski definition) is 0. The second kappa shape index (κ2) is 12.8. The minimum absolute atomic E-state index is 0. The molecule has 1 aliphatic carbocycles. The van der Waals surface area contributed by atoms with Crippen molar-refractivity contribution in [1.29, 1.82) is 0 Å². The van der Waals surface area contributed by atoms with Crippen molar-refractivity contribution in [2.45, 2.75) is 10.1 Å². The molecule has 1 aromatic carbocycles. The third-order valence-electron chi connectivity index (χ3n) is 3.65. The largest absolute Gasteiger partial charge is 1.00 e. The standard InChI is InChI=1S/C16H12N2O6S4.2Na/c19-27(20,21)15-7-13(17-9-25)5-3-11(15)1-2-12-4-6-14(18-10-26)8-16(12)28(22,23)24;;/h1-8,11,15H,(H,19,20,21)(H,22,23,24);;/q;2*+1/p-2/b2-1+;;. The van der Waals surface area contributed by atoms with E-state index in [-0.39, 0.29) is 76.1 Å². The van der Waals surface area contributed by atoms with Crippen molar-refractivity contribution in [2.75, 3.05) is 0 Å². The summed E-state index contributed by atoms with van der Waals surface area (Å²) in [6.45, 7) is 0. The van der Waals surface area contributed by atoms with E-state index in [1.165, 1.54) is 36.4 Å². The van der Waals surface area contributed by atoms with Gasteiger partial charge in [-0.05, 0) is 54.3 Å². The van der Waals surface area contributed by atoms with Gasteiger partial charge in [-0.3, -0.25) is 0 Å². The fraction of sp³-hybridized carbons (Fsp3) is 0.125. The predicted octanol–water partition coefficient (Wildman–Crippen LogP) is -3.57. The number of rotatable bonds is 6. The maximum absolute atomic E-state index is 11.6. The molecule has 1 aliphatic rings. The molecule has 0 bridgehead atoms. The Bertz CT molecular complexity index is 1200. The Hall–Kier alpha value is -0.140. The third-order valence-corrected chi connectivity index (χ3v) is 5.84. The zero-order chi connectivity index (χ0) is 20.9. The number of aliphatic imine (C=N–C) groups is 2.